The molecular formula is C28H28N2O5. The topological polar surface area (TPSA) is 106 Å². The van der Waals surface area contributed by atoms with Gasteiger partial charge in [0.2, 0.25) is 5.78 Å². The Morgan fingerprint density at radius 2 is 1.54 bits per heavy atom. The zero-order chi connectivity index (χ0) is 24.5. The molecular weight excluding hydrogens is 444 g/mol. The van der Waals surface area contributed by atoms with Crippen molar-refractivity contribution >= 4 is 23.2 Å². The van der Waals surface area contributed by atoms with Crippen LogP contribution in [0.1, 0.15) is 94.1 Å². The number of fused-ring (bicyclic) bond motifs is 2. The second-order valence-electron chi connectivity index (χ2n) is 11.1. The molecule has 0 unspecified atom stereocenters. The molecule has 1 N–H and O–H groups in total. The molecule has 0 aromatic heterocycles. The van der Waals surface area contributed by atoms with Gasteiger partial charge in [0, 0.05) is 22.7 Å². The van der Waals surface area contributed by atoms with Gasteiger partial charge in [0.05, 0.1) is 4.92 Å². The number of rotatable bonds is 5. The molecule has 5 aliphatic carbocycles. The van der Waals surface area contributed by atoms with Crippen LogP contribution in [0.25, 0.3) is 0 Å². The van der Waals surface area contributed by atoms with Crippen LogP contribution in [0, 0.1) is 33.3 Å². The molecule has 0 saturated heterocycles. The van der Waals surface area contributed by atoms with Crippen molar-refractivity contribution in [1.29, 1.82) is 0 Å². The zero-order valence-corrected chi connectivity index (χ0v) is 19.7. The van der Waals surface area contributed by atoms with Crippen molar-refractivity contribution in [2.75, 3.05) is 0 Å². The molecule has 5 aliphatic rings. The highest BCUT2D eigenvalue weighted by molar-refractivity contribution is 6.30. The summed E-state index contributed by atoms with van der Waals surface area (Å²) in [6, 6.07) is 8.96. The van der Waals surface area contributed by atoms with Crippen LogP contribution < -0.4 is 5.32 Å². The van der Waals surface area contributed by atoms with Crippen LogP contribution in [0.4, 0.5) is 5.69 Å². The number of hydrogen-bond acceptors (Lipinski definition) is 5. The molecule has 4 bridgehead atoms. The summed E-state index contributed by atoms with van der Waals surface area (Å²) in [5.74, 6) is 0.577. The minimum absolute atomic E-state index is 0.0231. The molecule has 7 rings (SSSR count). The minimum atomic E-state index is -0.696. The van der Waals surface area contributed by atoms with Crippen molar-refractivity contribution in [2.45, 2.75) is 57.9 Å². The summed E-state index contributed by atoms with van der Waals surface area (Å²) in [4.78, 5) is 51.3. The lowest BCUT2D eigenvalue weighted by molar-refractivity contribution is -0.385. The smallest absolute Gasteiger partial charge is 0.294 e. The normalized spacial score (nSPS) is 28.9. The second-order valence-corrected chi connectivity index (χ2v) is 11.1. The molecule has 2 aromatic carbocycles. The second kappa shape index (κ2) is 7.83. The summed E-state index contributed by atoms with van der Waals surface area (Å²) < 4.78 is 0. The monoisotopic (exact) mass is 472 g/mol. The van der Waals surface area contributed by atoms with Crippen molar-refractivity contribution in [3.8, 4) is 0 Å². The first-order valence-corrected chi connectivity index (χ1v) is 12.6. The first-order chi connectivity index (χ1) is 16.8. The number of nitrogens with zero attached hydrogens (tertiary/aromatic N) is 1. The van der Waals surface area contributed by atoms with E-state index in [2.05, 4.69) is 12.2 Å². The maximum Gasteiger partial charge on any atom is 0.294 e. The van der Waals surface area contributed by atoms with E-state index in [0.29, 0.717) is 17.8 Å². The maximum absolute atomic E-state index is 13.5. The van der Waals surface area contributed by atoms with E-state index in [4.69, 9.17) is 0 Å². The molecule has 1 amide bonds. The van der Waals surface area contributed by atoms with Crippen LogP contribution in [0.5, 0.6) is 0 Å². The van der Waals surface area contributed by atoms with Gasteiger partial charge >= 0.3 is 0 Å². The Kier molecular flexibility index (Phi) is 4.95. The number of carbonyl (C=O) groups excluding carboxylic acids is 3. The van der Waals surface area contributed by atoms with Crippen molar-refractivity contribution in [3.63, 3.8) is 0 Å². The molecule has 7 heteroatoms. The number of nitro benzene ring substituents is 1. The predicted molar refractivity (Wildman–Crippen MR) is 129 cm³/mol. The van der Waals surface area contributed by atoms with Crippen LogP contribution in [-0.4, -0.2) is 28.4 Å². The lowest BCUT2D eigenvalue weighted by Crippen LogP contribution is -2.56. The molecule has 7 nitrogen and oxygen atoms in total. The third kappa shape index (κ3) is 3.27. The number of carbonyl (C=O) groups is 3. The Bertz CT molecular complexity index is 1260. The van der Waals surface area contributed by atoms with Crippen molar-refractivity contribution in [3.05, 3.63) is 74.3 Å². The van der Waals surface area contributed by atoms with Crippen LogP contribution in [0.2, 0.25) is 0 Å². The van der Waals surface area contributed by atoms with Gasteiger partial charge in [-0.3, -0.25) is 24.5 Å². The highest BCUT2D eigenvalue weighted by atomic mass is 16.6. The highest BCUT2D eigenvalue weighted by Crippen LogP contribution is 2.61. The summed E-state index contributed by atoms with van der Waals surface area (Å²) in [5, 5.41) is 15.3. The summed E-state index contributed by atoms with van der Waals surface area (Å²) in [6.07, 6.45) is 7.93. The van der Waals surface area contributed by atoms with E-state index in [1.54, 1.807) is 18.2 Å². The van der Waals surface area contributed by atoms with Gasteiger partial charge in [-0.1, -0.05) is 31.2 Å². The van der Waals surface area contributed by atoms with Crippen LogP contribution in [0.3, 0.4) is 0 Å². The van der Waals surface area contributed by atoms with Gasteiger partial charge in [-0.15, -0.1) is 0 Å². The van der Waals surface area contributed by atoms with Crippen LogP contribution in [-0.2, 0) is 0 Å². The summed E-state index contributed by atoms with van der Waals surface area (Å²) in [7, 11) is 0. The molecule has 180 valence electrons. The molecule has 0 aliphatic heterocycles. The van der Waals surface area contributed by atoms with Crippen molar-refractivity contribution in [1.82, 2.24) is 5.32 Å². The standard InChI is InChI=1S/C28H28N2O5/c1-2-22(28-12-15-9-16(13-28)11-17(10-15)14-28)29-27(33)21-8-7-20-23(24(21)30(34)35)26(32)19-6-4-3-5-18(19)25(20)31/h3-8,15-17,22H,2,9-14H2,1H3,(H,29,33)/t15?,16?,17?,22-,28?/m1/s1. The van der Waals surface area contributed by atoms with Gasteiger partial charge in [0.25, 0.3) is 11.6 Å². The van der Waals surface area contributed by atoms with Crippen LogP contribution in [0.15, 0.2) is 36.4 Å². The number of nitrogens with one attached hydrogen (secondary N) is 1. The molecule has 1 atom stereocenters. The fraction of sp³-hybridized carbons (Fsp3) is 0.464. The Hall–Kier alpha value is -3.35. The van der Waals surface area contributed by atoms with E-state index < -0.39 is 28.1 Å². The minimum Gasteiger partial charge on any atom is -0.349 e. The van der Waals surface area contributed by atoms with E-state index >= 15 is 0 Å². The number of benzene rings is 2. The SMILES string of the molecule is CC[C@@H](NC(=O)c1ccc2c(c1[N+](=O)[O-])C(=O)c1ccccc1C2=O)C12CC3CC(CC(C3)C1)C2. The Balaban J connectivity index is 1.37. The summed E-state index contributed by atoms with van der Waals surface area (Å²) >= 11 is 0. The first-order valence-electron chi connectivity index (χ1n) is 12.6. The summed E-state index contributed by atoms with van der Waals surface area (Å²) in [5.41, 5.74) is -0.632. The number of nitro groups is 1. The van der Waals surface area contributed by atoms with Gasteiger partial charge in [0.15, 0.2) is 5.78 Å². The average molecular weight is 473 g/mol. The van der Waals surface area contributed by atoms with Gasteiger partial charge < -0.3 is 5.32 Å². The van der Waals surface area contributed by atoms with Gasteiger partial charge in [0.1, 0.15) is 11.1 Å². The third-order valence-corrected chi connectivity index (χ3v) is 9.03. The lowest BCUT2D eigenvalue weighted by Gasteiger charge is -2.59. The molecule has 0 heterocycles. The van der Waals surface area contributed by atoms with E-state index in [-0.39, 0.29) is 39.3 Å². The molecule has 4 fully saturated rings. The summed E-state index contributed by atoms with van der Waals surface area (Å²) in [6.45, 7) is 2.06. The molecule has 4 saturated carbocycles. The van der Waals surface area contributed by atoms with Gasteiger partial charge in [-0.25, -0.2) is 0 Å². The third-order valence-electron chi connectivity index (χ3n) is 9.03. The lowest BCUT2D eigenvalue weighted by atomic mass is 9.47. The quantitative estimate of drug-likeness (QED) is 0.411. The van der Waals surface area contributed by atoms with E-state index in [0.717, 1.165) is 25.7 Å². The molecule has 35 heavy (non-hydrogen) atoms. The highest BCUT2D eigenvalue weighted by Gasteiger charge is 2.54. The maximum atomic E-state index is 13.5. The predicted octanol–water partition coefficient (Wildman–Crippen LogP) is 5.10. The number of ketones is 2. The molecule has 0 radical (unpaired) electrons. The Morgan fingerprint density at radius 3 is 2.09 bits per heavy atom. The first kappa shape index (κ1) is 22.1. The fourth-order valence-corrected chi connectivity index (χ4v) is 8.07. The largest absolute Gasteiger partial charge is 0.349 e. The van der Waals surface area contributed by atoms with E-state index in [1.165, 1.54) is 37.5 Å². The van der Waals surface area contributed by atoms with E-state index in [1.807, 2.05) is 0 Å². The fourth-order valence-electron chi connectivity index (χ4n) is 8.07. The molecule has 0 spiro atoms. The van der Waals surface area contributed by atoms with Gasteiger partial charge in [-0.05, 0) is 80.2 Å². The number of hydrogen-bond donors (Lipinski definition) is 1. The van der Waals surface area contributed by atoms with Crippen molar-refractivity contribution < 1.29 is 19.3 Å². The molecule has 2 aromatic rings. The number of amides is 1. The average Bonchev–Trinajstić information content (AvgIpc) is 2.83. The van der Waals surface area contributed by atoms with Gasteiger partial charge in [-0.2, -0.15) is 0 Å². The zero-order valence-electron chi connectivity index (χ0n) is 19.7. The van der Waals surface area contributed by atoms with Crippen LogP contribution >= 0.6 is 0 Å². The Morgan fingerprint density at radius 1 is 0.971 bits per heavy atom. The van der Waals surface area contributed by atoms with E-state index in [9.17, 15) is 24.5 Å². The Labute approximate surface area is 203 Å². The van der Waals surface area contributed by atoms with Crippen molar-refractivity contribution in [2.24, 2.45) is 23.2 Å².